The standard InChI is InChI=1S/C12H22N2O5/c1-6(15)9(10(16)17)14-11(18)13-7-5-8(19-4)12(7,2)3/h6-9,15H,5H2,1-4H3,(H,16,17)(H2,13,14,18). The van der Waals surface area contributed by atoms with Gasteiger partial charge in [-0.1, -0.05) is 13.8 Å². The molecule has 110 valence electrons. The molecular weight excluding hydrogens is 252 g/mol. The molecule has 0 heterocycles. The van der Waals surface area contributed by atoms with Crippen molar-refractivity contribution in [3.63, 3.8) is 0 Å². The highest BCUT2D eigenvalue weighted by Gasteiger charge is 2.49. The largest absolute Gasteiger partial charge is 0.480 e. The summed E-state index contributed by atoms with van der Waals surface area (Å²) in [5.41, 5.74) is -0.199. The Morgan fingerprint density at radius 3 is 2.37 bits per heavy atom. The fourth-order valence-electron chi connectivity index (χ4n) is 2.26. The third-order valence-corrected chi connectivity index (χ3v) is 3.80. The van der Waals surface area contributed by atoms with Gasteiger partial charge in [0.2, 0.25) is 0 Å². The number of hydrogen-bond acceptors (Lipinski definition) is 4. The van der Waals surface area contributed by atoms with Crippen molar-refractivity contribution in [2.75, 3.05) is 7.11 Å². The number of methoxy groups -OCH3 is 1. The summed E-state index contributed by atoms with van der Waals surface area (Å²) in [6.07, 6.45) is -0.405. The van der Waals surface area contributed by atoms with Gasteiger partial charge >= 0.3 is 12.0 Å². The fraction of sp³-hybridized carbons (Fsp3) is 0.833. The molecule has 0 aliphatic heterocycles. The highest BCUT2D eigenvalue weighted by molar-refractivity contribution is 5.83. The first-order valence-corrected chi connectivity index (χ1v) is 6.20. The number of carbonyl (C=O) groups is 2. The molecule has 1 rings (SSSR count). The lowest BCUT2D eigenvalue weighted by Crippen LogP contribution is -2.64. The van der Waals surface area contributed by atoms with Crippen LogP contribution in [0, 0.1) is 5.41 Å². The van der Waals surface area contributed by atoms with Gasteiger partial charge in [-0.2, -0.15) is 0 Å². The van der Waals surface area contributed by atoms with E-state index in [-0.39, 0.29) is 17.6 Å². The number of nitrogens with one attached hydrogen (secondary N) is 2. The third-order valence-electron chi connectivity index (χ3n) is 3.80. The van der Waals surface area contributed by atoms with Crippen molar-refractivity contribution in [3.05, 3.63) is 0 Å². The Morgan fingerprint density at radius 2 is 2.00 bits per heavy atom. The average molecular weight is 274 g/mol. The van der Waals surface area contributed by atoms with Crippen molar-refractivity contribution in [2.45, 2.75) is 51.5 Å². The first-order chi connectivity index (χ1) is 8.70. The van der Waals surface area contributed by atoms with Crippen molar-refractivity contribution in [1.29, 1.82) is 0 Å². The second-order valence-corrected chi connectivity index (χ2v) is 5.51. The van der Waals surface area contributed by atoms with E-state index in [1.807, 2.05) is 13.8 Å². The zero-order valence-electron chi connectivity index (χ0n) is 11.6. The maximum absolute atomic E-state index is 11.7. The van der Waals surface area contributed by atoms with E-state index in [9.17, 15) is 14.7 Å². The van der Waals surface area contributed by atoms with Crippen LogP contribution >= 0.6 is 0 Å². The minimum atomic E-state index is -1.32. The second-order valence-electron chi connectivity index (χ2n) is 5.51. The van der Waals surface area contributed by atoms with E-state index in [0.717, 1.165) is 0 Å². The average Bonchev–Trinajstić information content (AvgIpc) is 2.30. The maximum atomic E-state index is 11.7. The summed E-state index contributed by atoms with van der Waals surface area (Å²) in [5, 5.41) is 23.1. The molecule has 0 aromatic heterocycles. The number of rotatable bonds is 5. The van der Waals surface area contributed by atoms with E-state index in [1.54, 1.807) is 7.11 Å². The summed E-state index contributed by atoms with van der Waals surface area (Å²) in [6.45, 7) is 5.26. The van der Waals surface area contributed by atoms with Crippen LogP contribution in [0.15, 0.2) is 0 Å². The van der Waals surface area contributed by atoms with Crippen LogP contribution < -0.4 is 10.6 Å². The third kappa shape index (κ3) is 3.36. The Hall–Kier alpha value is -1.34. The molecule has 0 saturated heterocycles. The molecule has 1 fully saturated rings. The van der Waals surface area contributed by atoms with Crippen molar-refractivity contribution >= 4 is 12.0 Å². The number of aliphatic hydroxyl groups excluding tert-OH is 1. The first kappa shape index (κ1) is 15.7. The molecule has 1 aliphatic rings. The Balaban J connectivity index is 2.51. The van der Waals surface area contributed by atoms with Crippen LogP contribution in [0.2, 0.25) is 0 Å². The number of amides is 2. The molecule has 0 radical (unpaired) electrons. The summed E-state index contributed by atoms with van der Waals surface area (Å²) >= 11 is 0. The molecule has 7 nitrogen and oxygen atoms in total. The quantitative estimate of drug-likeness (QED) is 0.561. The molecule has 19 heavy (non-hydrogen) atoms. The maximum Gasteiger partial charge on any atom is 0.328 e. The van der Waals surface area contributed by atoms with Gasteiger partial charge in [0.1, 0.15) is 0 Å². The number of hydrogen-bond donors (Lipinski definition) is 4. The summed E-state index contributed by atoms with van der Waals surface area (Å²) in [5.74, 6) is -1.27. The molecule has 1 saturated carbocycles. The summed E-state index contributed by atoms with van der Waals surface area (Å²) in [4.78, 5) is 22.6. The van der Waals surface area contributed by atoms with Crippen LogP contribution in [-0.2, 0) is 9.53 Å². The predicted molar refractivity (Wildman–Crippen MR) is 67.8 cm³/mol. The van der Waals surface area contributed by atoms with E-state index >= 15 is 0 Å². The molecule has 4 N–H and O–H groups in total. The lowest BCUT2D eigenvalue weighted by atomic mass is 9.64. The van der Waals surface area contributed by atoms with E-state index in [1.165, 1.54) is 6.92 Å². The van der Waals surface area contributed by atoms with Crippen LogP contribution in [0.5, 0.6) is 0 Å². The number of carbonyl (C=O) groups excluding carboxylic acids is 1. The minimum Gasteiger partial charge on any atom is -0.480 e. The summed E-state index contributed by atoms with van der Waals surface area (Å²) in [7, 11) is 1.62. The Kier molecular flexibility index (Phi) is 4.75. The first-order valence-electron chi connectivity index (χ1n) is 6.20. The van der Waals surface area contributed by atoms with Gasteiger partial charge in [0.05, 0.1) is 12.2 Å². The highest BCUT2D eigenvalue weighted by Crippen LogP contribution is 2.42. The normalized spacial score (nSPS) is 27.8. The molecule has 4 atom stereocenters. The number of aliphatic carboxylic acids is 1. The molecule has 0 aromatic carbocycles. The van der Waals surface area contributed by atoms with Crippen LogP contribution in [0.1, 0.15) is 27.2 Å². The molecule has 0 aromatic rings. The van der Waals surface area contributed by atoms with E-state index in [2.05, 4.69) is 10.6 Å². The van der Waals surface area contributed by atoms with E-state index in [0.29, 0.717) is 6.42 Å². The lowest BCUT2D eigenvalue weighted by molar-refractivity contribution is -0.141. The molecule has 1 aliphatic carbocycles. The van der Waals surface area contributed by atoms with E-state index < -0.39 is 24.1 Å². The van der Waals surface area contributed by atoms with Gasteiger partial charge in [-0.15, -0.1) is 0 Å². The van der Waals surface area contributed by atoms with Crippen LogP contribution in [-0.4, -0.2) is 53.6 Å². The Labute approximate surface area is 112 Å². The molecule has 7 heteroatoms. The van der Waals surface area contributed by atoms with Gasteiger partial charge in [0.25, 0.3) is 0 Å². The number of urea groups is 1. The van der Waals surface area contributed by atoms with Gasteiger partial charge in [-0.05, 0) is 13.3 Å². The number of ether oxygens (including phenoxy) is 1. The topological polar surface area (TPSA) is 108 Å². The van der Waals surface area contributed by atoms with Gasteiger partial charge in [-0.3, -0.25) is 0 Å². The molecule has 4 unspecified atom stereocenters. The van der Waals surface area contributed by atoms with Gasteiger partial charge < -0.3 is 25.6 Å². The van der Waals surface area contributed by atoms with Gasteiger partial charge in [0, 0.05) is 18.6 Å². The van der Waals surface area contributed by atoms with Crippen molar-refractivity contribution in [2.24, 2.45) is 5.41 Å². The smallest absolute Gasteiger partial charge is 0.328 e. The molecule has 2 amide bonds. The predicted octanol–water partition coefficient (Wildman–Crippen LogP) is -0.0669. The van der Waals surface area contributed by atoms with Crippen molar-refractivity contribution in [1.82, 2.24) is 10.6 Å². The number of carboxylic acid groups (broad SMARTS) is 1. The SMILES string of the molecule is COC1CC(NC(=O)NC(C(=O)O)C(C)O)C1(C)C. The minimum absolute atomic E-state index is 0.0739. The molecule has 0 spiro atoms. The van der Waals surface area contributed by atoms with Crippen molar-refractivity contribution < 1.29 is 24.5 Å². The fourth-order valence-corrected chi connectivity index (χ4v) is 2.26. The second kappa shape index (κ2) is 5.75. The molecule has 0 bridgehead atoms. The highest BCUT2D eigenvalue weighted by atomic mass is 16.5. The van der Waals surface area contributed by atoms with Crippen LogP contribution in [0.25, 0.3) is 0 Å². The van der Waals surface area contributed by atoms with E-state index in [4.69, 9.17) is 9.84 Å². The van der Waals surface area contributed by atoms with Crippen molar-refractivity contribution in [3.8, 4) is 0 Å². The lowest BCUT2D eigenvalue weighted by Gasteiger charge is -2.51. The Morgan fingerprint density at radius 1 is 1.42 bits per heavy atom. The number of aliphatic hydroxyl groups is 1. The Bertz CT molecular complexity index is 356. The van der Waals surface area contributed by atoms with Gasteiger partial charge in [-0.25, -0.2) is 9.59 Å². The number of carboxylic acids is 1. The summed E-state index contributed by atoms with van der Waals surface area (Å²) < 4.78 is 5.26. The zero-order valence-corrected chi connectivity index (χ0v) is 11.6. The monoisotopic (exact) mass is 274 g/mol. The molecular formula is C12H22N2O5. The van der Waals surface area contributed by atoms with Gasteiger partial charge in [0.15, 0.2) is 6.04 Å². The zero-order chi connectivity index (χ0) is 14.8. The van der Waals surface area contributed by atoms with Crippen LogP contribution in [0.4, 0.5) is 4.79 Å². The summed E-state index contributed by atoms with van der Waals surface area (Å²) in [6, 6.07) is -2.00. The van der Waals surface area contributed by atoms with Crippen LogP contribution in [0.3, 0.4) is 0 Å².